The number of halogens is 1. The molecule has 0 aliphatic carbocycles. The van der Waals surface area contributed by atoms with Crippen LogP contribution in [0.3, 0.4) is 0 Å². The molecule has 0 atom stereocenters. The lowest BCUT2D eigenvalue weighted by atomic mass is 9.92. The van der Waals surface area contributed by atoms with Gasteiger partial charge in [-0.3, -0.25) is 9.80 Å². The predicted octanol–water partition coefficient (Wildman–Crippen LogP) is 28.0. The van der Waals surface area contributed by atoms with Crippen molar-refractivity contribution >= 4 is 144 Å². The Morgan fingerprint density at radius 2 is 0.440 bits per heavy atom. The zero-order chi connectivity index (χ0) is 72.8. The number of hydrogen-bond acceptors (Lipinski definition) is 8. The first-order valence-corrected chi connectivity index (χ1v) is 37.3. The van der Waals surface area contributed by atoms with Crippen molar-refractivity contribution in [2.45, 2.75) is 0 Å². The Morgan fingerprint density at radius 1 is 0.211 bits per heavy atom. The van der Waals surface area contributed by atoms with Gasteiger partial charge in [0.2, 0.25) is 11.9 Å². The van der Waals surface area contributed by atoms with Gasteiger partial charge in [-0.25, -0.2) is 19.9 Å². The summed E-state index contributed by atoms with van der Waals surface area (Å²) in [5.74, 6) is 1.23. The summed E-state index contributed by atoms with van der Waals surface area (Å²) in [7, 11) is 0. The van der Waals surface area contributed by atoms with E-state index in [2.05, 4.69) is 333 Å². The van der Waals surface area contributed by atoms with Crippen LogP contribution in [0, 0.1) is 0 Å². The molecule has 0 aliphatic rings. The van der Waals surface area contributed by atoms with E-state index in [4.69, 9.17) is 19.9 Å². The Labute approximate surface area is 641 Å². The van der Waals surface area contributed by atoms with Crippen molar-refractivity contribution in [3.63, 3.8) is 0 Å². The first kappa shape index (κ1) is 66.8. The maximum absolute atomic E-state index is 5.30. The Kier molecular flexibility index (Phi) is 18.5. The van der Waals surface area contributed by atoms with Gasteiger partial charge < -0.3 is 10.2 Å². The molecule has 0 amide bonds. The molecule has 0 spiro atoms. The number of rotatable bonds is 15. The van der Waals surface area contributed by atoms with Gasteiger partial charge in [-0.2, -0.15) is 0 Å². The molecule has 0 saturated heterocycles. The van der Waals surface area contributed by atoms with Crippen LogP contribution >= 0.6 is 15.9 Å². The van der Waals surface area contributed by atoms with Crippen LogP contribution in [0.1, 0.15) is 0 Å². The van der Waals surface area contributed by atoms with Crippen LogP contribution in [-0.2, 0) is 0 Å². The van der Waals surface area contributed by atoms with Gasteiger partial charge in [0.1, 0.15) is 0 Å². The minimum absolute atomic E-state index is 0.608. The average Bonchev–Trinajstić information content (AvgIpc) is 0.727. The Balaban J connectivity index is 0.000000134. The van der Waals surface area contributed by atoms with Crippen LogP contribution in [0.25, 0.3) is 110 Å². The van der Waals surface area contributed by atoms with Gasteiger partial charge in [-0.05, 0) is 158 Å². The predicted molar refractivity (Wildman–Crippen MR) is 461 cm³/mol. The van der Waals surface area contributed by atoms with Crippen molar-refractivity contribution in [1.82, 2.24) is 19.9 Å². The third-order valence-corrected chi connectivity index (χ3v) is 20.6. The fourth-order valence-corrected chi connectivity index (χ4v) is 15.3. The lowest BCUT2D eigenvalue weighted by Gasteiger charge is -2.28. The molecule has 0 fully saturated rings. The quantitative estimate of drug-likeness (QED) is 0.102. The second-order valence-corrected chi connectivity index (χ2v) is 27.5. The van der Waals surface area contributed by atoms with Crippen molar-refractivity contribution in [2.75, 3.05) is 20.0 Å². The van der Waals surface area contributed by atoms with Gasteiger partial charge in [0.05, 0.1) is 39.8 Å². The van der Waals surface area contributed by atoms with Crippen LogP contribution in [0.2, 0.25) is 0 Å². The van der Waals surface area contributed by atoms with Crippen LogP contribution < -0.4 is 20.0 Å². The zero-order valence-corrected chi connectivity index (χ0v) is 60.9. The number of anilines is 11. The van der Waals surface area contributed by atoms with Gasteiger partial charge in [0.15, 0.2) is 0 Å². The van der Waals surface area contributed by atoms with E-state index in [1.165, 1.54) is 53.9 Å². The fourth-order valence-electron chi connectivity index (χ4n) is 14.9. The molecular formula is C100H69BrN8. The maximum Gasteiger partial charge on any atom is 0.235 e. The molecule has 0 bridgehead atoms. The SMILES string of the molecule is Brc1ccc2ccc3c(N(c4ccccc4)c4nc(-c5ccccc5)cc(-c5ccccc5)n4)ccc4ccc1c2c43.c1ccc(-c2cc(-c3ccccc3)nc(N(c3ccccc3)c3ccc4ccc5c(N(c6ccccc6)c6ccccc6)ccc6ccc3c4c65)n2)cc1.c1ccc(Nc2ccccc2)cc1. The summed E-state index contributed by atoms with van der Waals surface area (Å²) >= 11 is 3.79. The number of hydrogen-bond donors (Lipinski definition) is 1. The molecule has 0 unspecified atom stereocenters. The van der Waals surface area contributed by atoms with Crippen molar-refractivity contribution in [2.24, 2.45) is 0 Å². The largest absolute Gasteiger partial charge is 0.356 e. The topological polar surface area (TPSA) is 73.3 Å². The minimum Gasteiger partial charge on any atom is -0.356 e. The van der Waals surface area contributed by atoms with Crippen molar-refractivity contribution in [3.05, 3.63) is 417 Å². The molecule has 0 aliphatic heterocycles. The number of benzene rings is 18. The highest BCUT2D eigenvalue weighted by Crippen LogP contribution is 2.49. The molecule has 0 saturated carbocycles. The summed E-state index contributed by atoms with van der Waals surface area (Å²) in [6.07, 6.45) is 0. The monoisotopic (exact) mass is 1460 g/mol. The normalized spacial score (nSPS) is 11.2. The van der Waals surface area contributed by atoms with Crippen LogP contribution in [-0.4, -0.2) is 19.9 Å². The molecule has 20 aromatic rings. The van der Waals surface area contributed by atoms with Gasteiger partial charge in [0, 0.05) is 77.0 Å². The standard InChI is InChI=1S/C50H34N4.C38H24BrN3.C12H11N/c1-6-16-35(17-7-1)44-34-45(36-18-8-2-9-19-36)52-50(51-44)54(41-24-14-5-15-25-41)47-33-29-38-26-30-42-46(32-28-37-27-31-43(47)49(38)48(37)42)53(39-20-10-3-11-21-39)40-22-12-4-13-23-40;39-32-22-18-27-17-21-31-35(23-19-28-16-20-30(32)36(27)37(28)31)42(29-14-8-3-9-15-29)38-40-33(25-10-4-1-5-11-25)24-34(41-38)26-12-6-2-7-13-26;1-3-7-11(8-4-1)13-12-9-5-2-6-10-12/h1-34H;1-24H;1-10,13H. The average molecular weight is 1460 g/mol. The summed E-state index contributed by atoms with van der Waals surface area (Å²) in [5, 5.41) is 17.8. The molecule has 2 aromatic heterocycles. The van der Waals surface area contributed by atoms with E-state index >= 15 is 0 Å². The molecule has 0 radical (unpaired) electrons. The molecule has 109 heavy (non-hydrogen) atoms. The van der Waals surface area contributed by atoms with Gasteiger partial charge in [0.25, 0.3) is 0 Å². The molecule has 20 rings (SSSR count). The van der Waals surface area contributed by atoms with E-state index in [9.17, 15) is 0 Å². The van der Waals surface area contributed by atoms with E-state index < -0.39 is 0 Å². The highest BCUT2D eigenvalue weighted by molar-refractivity contribution is 9.10. The minimum atomic E-state index is 0.608. The van der Waals surface area contributed by atoms with E-state index in [0.717, 1.165) is 111 Å². The summed E-state index contributed by atoms with van der Waals surface area (Å²) in [6, 6.07) is 144. The highest BCUT2D eigenvalue weighted by Gasteiger charge is 2.26. The first-order chi connectivity index (χ1) is 54.0. The van der Waals surface area contributed by atoms with Crippen molar-refractivity contribution < 1.29 is 0 Å². The maximum atomic E-state index is 5.30. The highest BCUT2D eigenvalue weighted by atomic mass is 79.9. The molecule has 516 valence electrons. The molecular weight excluding hydrogens is 1390 g/mol. The molecule has 1 N–H and O–H groups in total. The molecule has 8 nitrogen and oxygen atoms in total. The lowest BCUT2D eigenvalue weighted by molar-refractivity contribution is 1.09. The fraction of sp³-hybridized carbons (Fsp3) is 0. The van der Waals surface area contributed by atoms with Gasteiger partial charge >= 0.3 is 0 Å². The van der Waals surface area contributed by atoms with E-state index in [1.54, 1.807) is 0 Å². The second kappa shape index (κ2) is 30.2. The summed E-state index contributed by atoms with van der Waals surface area (Å²) in [6.45, 7) is 0. The van der Waals surface area contributed by atoms with Gasteiger partial charge in [-0.1, -0.05) is 319 Å². The van der Waals surface area contributed by atoms with Crippen LogP contribution in [0.4, 0.5) is 63.1 Å². The van der Waals surface area contributed by atoms with Crippen LogP contribution in [0.5, 0.6) is 0 Å². The lowest BCUT2D eigenvalue weighted by Crippen LogP contribution is -2.15. The van der Waals surface area contributed by atoms with Gasteiger partial charge in [-0.15, -0.1) is 0 Å². The Morgan fingerprint density at radius 3 is 0.743 bits per heavy atom. The number of nitrogens with zero attached hydrogens (tertiary/aromatic N) is 7. The van der Waals surface area contributed by atoms with Crippen molar-refractivity contribution in [1.29, 1.82) is 0 Å². The summed E-state index contributed by atoms with van der Waals surface area (Å²) in [4.78, 5) is 27.8. The van der Waals surface area contributed by atoms with Crippen molar-refractivity contribution in [3.8, 4) is 45.0 Å². The van der Waals surface area contributed by atoms with E-state index in [0.29, 0.717) is 11.9 Å². The van der Waals surface area contributed by atoms with E-state index in [1.807, 2.05) is 115 Å². The van der Waals surface area contributed by atoms with Crippen LogP contribution in [0.15, 0.2) is 417 Å². The molecule has 18 aromatic carbocycles. The Hall–Kier alpha value is -14.1. The molecule has 2 heterocycles. The third-order valence-electron chi connectivity index (χ3n) is 19.9. The summed E-state index contributed by atoms with van der Waals surface area (Å²) in [5.41, 5.74) is 17.3. The van der Waals surface area contributed by atoms with E-state index in [-0.39, 0.29) is 0 Å². The Bertz CT molecular complexity index is 6300. The number of aromatic nitrogens is 4. The third kappa shape index (κ3) is 13.5. The number of para-hydroxylation sites is 6. The second-order valence-electron chi connectivity index (χ2n) is 26.7. The smallest absolute Gasteiger partial charge is 0.235 e. The molecule has 9 heteroatoms. The first-order valence-electron chi connectivity index (χ1n) is 36.5. The summed E-state index contributed by atoms with van der Waals surface area (Å²) < 4.78 is 1.10. The number of nitrogens with one attached hydrogen (secondary N) is 1. The zero-order valence-electron chi connectivity index (χ0n) is 59.3.